The summed E-state index contributed by atoms with van der Waals surface area (Å²) in [4.78, 5) is 0. The Kier molecular flexibility index (Phi) is 6.04. The third-order valence-corrected chi connectivity index (χ3v) is 2.51. The van der Waals surface area contributed by atoms with E-state index in [1.807, 2.05) is 13.8 Å². The maximum atomic E-state index is 13.3. The highest BCUT2D eigenvalue weighted by molar-refractivity contribution is 5.36. The fourth-order valence-electron chi connectivity index (χ4n) is 1.70. The minimum atomic E-state index is -0.615. The number of nitrogens with two attached hydrogens (primary N) is 1. The van der Waals surface area contributed by atoms with Crippen LogP contribution < -0.4 is 10.5 Å². The summed E-state index contributed by atoms with van der Waals surface area (Å²) in [6.07, 6.45) is -0.615. The normalized spacial score (nSPS) is 12.8. The van der Waals surface area contributed by atoms with Gasteiger partial charge in [-0.3, -0.25) is 0 Å². The van der Waals surface area contributed by atoms with Crippen molar-refractivity contribution in [1.82, 2.24) is 0 Å². The van der Waals surface area contributed by atoms with Crippen LogP contribution >= 0.6 is 0 Å². The second kappa shape index (κ2) is 7.31. The second-order valence-corrected chi connectivity index (χ2v) is 3.69. The Bertz CT molecular complexity index is 367. The van der Waals surface area contributed by atoms with Crippen molar-refractivity contribution in [2.45, 2.75) is 26.2 Å². The largest absolute Gasteiger partial charge is 0.496 e. The summed E-state index contributed by atoms with van der Waals surface area (Å²) in [5.41, 5.74) is 6.59. The molecule has 1 aromatic rings. The fourth-order valence-corrected chi connectivity index (χ4v) is 1.70. The first-order chi connectivity index (χ1) is 8.63. The molecule has 1 aromatic carbocycles. The summed E-state index contributed by atoms with van der Waals surface area (Å²) in [6, 6.07) is 3.61. The molecule has 1 rings (SSSR count). The molecule has 0 fully saturated rings. The zero-order valence-corrected chi connectivity index (χ0v) is 11.0. The van der Waals surface area contributed by atoms with Crippen molar-refractivity contribution in [2.24, 2.45) is 5.73 Å². The van der Waals surface area contributed by atoms with E-state index in [0.29, 0.717) is 24.5 Å². The van der Waals surface area contributed by atoms with Crippen LogP contribution in [0.25, 0.3) is 0 Å². The van der Waals surface area contributed by atoms with E-state index in [9.17, 15) is 4.39 Å². The number of halogens is 1. The van der Waals surface area contributed by atoms with Crippen LogP contribution in [-0.4, -0.2) is 26.6 Å². The van der Waals surface area contributed by atoms with E-state index in [1.165, 1.54) is 19.2 Å². The van der Waals surface area contributed by atoms with Crippen LogP contribution in [0, 0.1) is 5.82 Å². The molecule has 18 heavy (non-hydrogen) atoms. The van der Waals surface area contributed by atoms with Crippen molar-refractivity contribution in [3.05, 3.63) is 29.6 Å². The zero-order valence-electron chi connectivity index (χ0n) is 11.0. The average molecular weight is 257 g/mol. The Morgan fingerprint density at radius 1 is 1.22 bits per heavy atom. The van der Waals surface area contributed by atoms with Crippen LogP contribution in [0.1, 0.15) is 25.5 Å². The predicted molar refractivity (Wildman–Crippen MR) is 66.9 cm³/mol. The minimum Gasteiger partial charge on any atom is -0.496 e. The first-order valence-electron chi connectivity index (χ1n) is 5.96. The van der Waals surface area contributed by atoms with Gasteiger partial charge in [-0.1, -0.05) is 0 Å². The molecule has 0 aromatic heterocycles. The van der Waals surface area contributed by atoms with Gasteiger partial charge in [-0.15, -0.1) is 0 Å². The molecular weight excluding hydrogens is 237 g/mol. The highest BCUT2D eigenvalue weighted by Crippen LogP contribution is 2.28. The van der Waals surface area contributed by atoms with Crippen LogP contribution in [0.3, 0.4) is 0 Å². The Hall–Kier alpha value is -1.17. The molecule has 0 aliphatic carbocycles. The van der Waals surface area contributed by atoms with Gasteiger partial charge in [0.1, 0.15) is 11.6 Å². The third kappa shape index (κ3) is 3.66. The molecule has 0 spiro atoms. The summed E-state index contributed by atoms with van der Waals surface area (Å²) in [6.45, 7) is 4.63. The van der Waals surface area contributed by atoms with Crippen molar-refractivity contribution in [1.29, 1.82) is 0 Å². The maximum Gasteiger partial charge on any atom is 0.176 e. The van der Waals surface area contributed by atoms with Crippen LogP contribution in [0.5, 0.6) is 5.75 Å². The third-order valence-electron chi connectivity index (χ3n) is 2.51. The maximum absolute atomic E-state index is 13.3. The lowest BCUT2D eigenvalue weighted by molar-refractivity contribution is -0.149. The van der Waals surface area contributed by atoms with Crippen molar-refractivity contribution in [3.63, 3.8) is 0 Å². The molecule has 0 amide bonds. The Labute approximate surface area is 107 Å². The van der Waals surface area contributed by atoms with Gasteiger partial charge < -0.3 is 19.9 Å². The highest BCUT2D eigenvalue weighted by Gasteiger charge is 2.23. The SMILES string of the molecule is CCOC(OCC)C(N)c1cc(F)ccc1OC. The van der Waals surface area contributed by atoms with E-state index >= 15 is 0 Å². The Balaban J connectivity index is 2.98. The number of methoxy groups -OCH3 is 1. The summed E-state index contributed by atoms with van der Waals surface area (Å²) in [5.74, 6) is 0.154. The van der Waals surface area contributed by atoms with Gasteiger partial charge in [0.2, 0.25) is 0 Å². The van der Waals surface area contributed by atoms with Crippen LogP contribution in [-0.2, 0) is 9.47 Å². The van der Waals surface area contributed by atoms with Gasteiger partial charge >= 0.3 is 0 Å². The van der Waals surface area contributed by atoms with E-state index in [4.69, 9.17) is 19.9 Å². The van der Waals surface area contributed by atoms with Gasteiger partial charge in [-0.2, -0.15) is 0 Å². The molecule has 0 aliphatic rings. The van der Waals surface area contributed by atoms with E-state index in [-0.39, 0.29) is 5.82 Å². The standard InChI is InChI=1S/C13H20FNO3/c1-4-17-13(18-5-2)12(15)10-8-9(14)6-7-11(10)16-3/h6-8,12-13H,4-5,15H2,1-3H3. The van der Waals surface area contributed by atoms with Gasteiger partial charge in [0.15, 0.2) is 6.29 Å². The van der Waals surface area contributed by atoms with Crippen molar-refractivity contribution < 1.29 is 18.6 Å². The lowest BCUT2D eigenvalue weighted by Gasteiger charge is -2.25. The van der Waals surface area contributed by atoms with E-state index in [0.717, 1.165) is 0 Å². The first-order valence-corrected chi connectivity index (χ1v) is 5.96. The lowest BCUT2D eigenvalue weighted by atomic mass is 10.1. The fraction of sp³-hybridized carbons (Fsp3) is 0.538. The van der Waals surface area contributed by atoms with Crippen molar-refractivity contribution in [3.8, 4) is 5.75 Å². The molecule has 5 heteroatoms. The van der Waals surface area contributed by atoms with Gasteiger partial charge in [0, 0.05) is 18.8 Å². The minimum absolute atomic E-state index is 0.368. The molecule has 0 radical (unpaired) electrons. The number of rotatable bonds is 7. The number of hydrogen-bond acceptors (Lipinski definition) is 4. The van der Waals surface area contributed by atoms with Crippen molar-refractivity contribution >= 4 is 0 Å². The molecule has 102 valence electrons. The monoisotopic (exact) mass is 257 g/mol. The topological polar surface area (TPSA) is 53.7 Å². The summed E-state index contributed by atoms with van der Waals surface area (Å²) < 4.78 is 29.3. The summed E-state index contributed by atoms with van der Waals surface area (Å²) in [5, 5.41) is 0. The predicted octanol–water partition coefficient (Wildman–Crippen LogP) is 2.23. The van der Waals surface area contributed by atoms with E-state index in [1.54, 1.807) is 6.07 Å². The van der Waals surface area contributed by atoms with E-state index in [2.05, 4.69) is 0 Å². The number of hydrogen-bond donors (Lipinski definition) is 1. The lowest BCUT2D eigenvalue weighted by Crippen LogP contribution is -2.32. The molecule has 0 saturated carbocycles. The van der Waals surface area contributed by atoms with Gasteiger partial charge in [0.05, 0.1) is 13.2 Å². The van der Waals surface area contributed by atoms with Crippen molar-refractivity contribution in [2.75, 3.05) is 20.3 Å². The Morgan fingerprint density at radius 3 is 2.33 bits per heavy atom. The highest BCUT2D eigenvalue weighted by atomic mass is 19.1. The molecule has 0 heterocycles. The van der Waals surface area contributed by atoms with Crippen LogP contribution in [0.4, 0.5) is 4.39 Å². The molecule has 2 N–H and O–H groups in total. The molecule has 0 aliphatic heterocycles. The molecule has 0 saturated heterocycles. The first kappa shape index (κ1) is 14.9. The van der Waals surface area contributed by atoms with E-state index < -0.39 is 12.3 Å². The molecule has 1 unspecified atom stereocenters. The van der Waals surface area contributed by atoms with Gasteiger partial charge in [-0.25, -0.2) is 4.39 Å². The quantitative estimate of drug-likeness (QED) is 0.761. The molecular formula is C13H20FNO3. The number of benzene rings is 1. The Morgan fingerprint density at radius 2 is 1.83 bits per heavy atom. The summed E-state index contributed by atoms with van der Waals surface area (Å²) in [7, 11) is 1.51. The second-order valence-electron chi connectivity index (χ2n) is 3.69. The van der Waals surface area contributed by atoms with Crippen LogP contribution in [0.2, 0.25) is 0 Å². The number of ether oxygens (including phenoxy) is 3. The smallest absolute Gasteiger partial charge is 0.176 e. The van der Waals surface area contributed by atoms with Crippen LogP contribution in [0.15, 0.2) is 18.2 Å². The molecule has 0 bridgehead atoms. The molecule has 4 nitrogen and oxygen atoms in total. The van der Waals surface area contributed by atoms with Gasteiger partial charge in [0.25, 0.3) is 0 Å². The average Bonchev–Trinajstić information content (AvgIpc) is 2.37. The zero-order chi connectivity index (χ0) is 13.5. The molecule has 1 atom stereocenters. The summed E-state index contributed by atoms with van der Waals surface area (Å²) >= 11 is 0. The van der Waals surface area contributed by atoms with Gasteiger partial charge in [-0.05, 0) is 32.0 Å².